The topological polar surface area (TPSA) is 62.8 Å². The third kappa shape index (κ3) is 2.62. The number of benzene rings is 1. The van der Waals surface area contributed by atoms with E-state index in [1.807, 2.05) is 18.2 Å². The molecule has 0 amide bonds. The van der Waals surface area contributed by atoms with Gasteiger partial charge in [0.2, 0.25) is 0 Å². The average Bonchev–Trinajstić information content (AvgIpc) is 3.14. The van der Waals surface area contributed by atoms with E-state index in [0.29, 0.717) is 0 Å². The number of hydrogen-bond donors (Lipinski definition) is 2. The highest BCUT2D eigenvalue weighted by Crippen LogP contribution is 2.35. The molecule has 0 saturated heterocycles. The van der Waals surface area contributed by atoms with Crippen LogP contribution in [0.2, 0.25) is 0 Å². The van der Waals surface area contributed by atoms with Crippen LogP contribution in [0.4, 0.5) is 0 Å². The van der Waals surface area contributed by atoms with Crippen LogP contribution >= 0.6 is 22.7 Å². The highest BCUT2D eigenvalue weighted by Gasteiger charge is 2.16. The highest BCUT2D eigenvalue weighted by molar-refractivity contribution is 7.15. The van der Waals surface area contributed by atoms with Gasteiger partial charge < -0.3 is 5.73 Å². The summed E-state index contributed by atoms with van der Waals surface area (Å²) >= 11 is 3.16. The fourth-order valence-corrected chi connectivity index (χ4v) is 4.24. The fourth-order valence-electron chi connectivity index (χ4n) is 2.28. The molecule has 0 radical (unpaired) electrons. The van der Waals surface area contributed by atoms with Crippen LogP contribution in [0.1, 0.15) is 17.4 Å². The fraction of sp³-hybridized carbons (Fsp3) is 0.125. The minimum atomic E-state index is 0.142. The SMILES string of the molecule is CCc1c(-c2nc(-c3ccccc3)cs2)csc1C(=N)N. The lowest BCUT2D eigenvalue weighted by molar-refractivity contribution is 1.15. The van der Waals surface area contributed by atoms with Crippen LogP contribution < -0.4 is 5.73 Å². The Kier molecular flexibility index (Phi) is 3.86. The molecule has 2 aromatic heterocycles. The Morgan fingerprint density at radius 1 is 1.19 bits per heavy atom. The van der Waals surface area contributed by atoms with Crippen LogP contribution in [-0.4, -0.2) is 10.8 Å². The molecule has 5 heteroatoms. The monoisotopic (exact) mass is 313 g/mol. The molecular weight excluding hydrogens is 298 g/mol. The first-order chi connectivity index (χ1) is 10.2. The first-order valence-corrected chi connectivity index (χ1v) is 8.42. The predicted octanol–water partition coefficient (Wildman–Crippen LogP) is 4.39. The van der Waals surface area contributed by atoms with Gasteiger partial charge in [-0.2, -0.15) is 0 Å². The number of thiazole rings is 1. The van der Waals surface area contributed by atoms with Gasteiger partial charge in [-0.3, -0.25) is 5.41 Å². The van der Waals surface area contributed by atoms with Gasteiger partial charge in [0.25, 0.3) is 0 Å². The summed E-state index contributed by atoms with van der Waals surface area (Å²) in [6, 6.07) is 10.2. The summed E-state index contributed by atoms with van der Waals surface area (Å²) in [5, 5.41) is 12.8. The summed E-state index contributed by atoms with van der Waals surface area (Å²) in [4.78, 5) is 5.61. The number of nitrogens with one attached hydrogen (secondary N) is 1. The molecule has 3 N–H and O–H groups in total. The molecular formula is C16H15N3S2. The van der Waals surface area contributed by atoms with Gasteiger partial charge in [-0.05, 0) is 12.0 Å². The van der Waals surface area contributed by atoms with Crippen molar-refractivity contribution in [3.63, 3.8) is 0 Å². The van der Waals surface area contributed by atoms with Gasteiger partial charge in [0, 0.05) is 21.9 Å². The molecule has 0 bridgehead atoms. The average molecular weight is 313 g/mol. The number of nitrogens with zero attached hydrogens (tertiary/aromatic N) is 1. The van der Waals surface area contributed by atoms with Gasteiger partial charge in [-0.15, -0.1) is 22.7 Å². The second kappa shape index (κ2) is 5.79. The minimum Gasteiger partial charge on any atom is -0.383 e. The molecule has 3 aromatic rings. The molecule has 0 saturated carbocycles. The van der Waals surface area contributed by atoms with E-state index in [0.717, 1.165) is 38.7 Å². The van der Waals surface area contributed by atoms with E-state index in [1.165, 1.54) is 11.3 Å². The number of rotatable bonds is 4. The van der Waals surface area contributed by atoms with Gasteiger partial charge in [-0.25, -0.2) is 4.98 Å². The number of nitrogen functional groups attached to an aromatic ring is 1. The summed E-state index contributed by atoms with van der Waals surface area (Å²) < 4.78 is 0. The summed E-state index contributed by atoms with van der Waals surface area (Å²) in [5.74, 6) is 0.142. The van der Waals surface area contributed by atoms with E-state index in [1.54, 1.807) is 11.3 Å². The number of nitrogens with two attached hydrogens (primary N) is 1. The Morgan fingerprint density at radius 2 is 1.95 bits per heavy atom. The molecule has 0 spiro atoms. The molecule has 1 aromatic carbocycles. The lowest BCUT2D eigenvalue weighted by Crippen LogP contribution is -2.11. The zero-order valence-corrected chi connectivity index (χ0v) is 13.2. The maximum Gasteiger partial charge on any atom is 0.133 e. The van der Waals surface area contributed by atoms with Crippen molar-refractivity contribution >= 4 is 28.5 Å². The first kappa shape index (κ1) is 14.0. The molecule has 0 atom stereocenters. The maximum absolute atomic E-state index is 7.67. The van der Waals surface area contributed by atoms with Crippen molar-refractivity contribution in [2.24, 2.45) is 5.73 Å². The Morgan fingerprint density at radius 3 is 2.62 bits per heavy atom. The van der Waals surface area contributed by atoms with Crippen molar-refractivity contribution < 1.29 is 0 Å². The molecule has 3 nitrogen and oxygen atoms in total. The molecule has 0 aliphatic heterocycles. The Labute approximate surface area is 131 Å². The lowest BCUT2D eigenvalue weighted by atomic mass is 10.1. The normalized spacial score (nSPS) is 10.7. The molecule has 0 aliphatic carbocycles. The van der Waals surface area contributed by atoms with Crippen molar-refractivity contribution in [3.05, 3.63) is 51.5 Å². The van der Waals surface area contributed by atoms with Crippen LogP contribution in [0.3, 0.4) is 0 Å². The van der Waals surface area contributed by atoms with E-state index in [4.69, 9.17) is 16.1 Å². The summed E-state index contributed by atoms with van der Waals surface area (Å²) in [5.41, 5.74) is 10.0. The second-order valence-electron chi connectivity index (χ2n) is 4.63. The number of hydrogen-bond acceptors (Lipinski definition) is 4. The van der Waals surface area contributed by atoms with Crippen LogP contribution in [-0.2, 0) is 6.42 Å². The van der Waals surface area contributed by atoms with E-state index in [2.05, 4.69) is 29.8 Å². The van der Waals surface area contributed by atoms with Crippen molar-refractivity contribution in [1.29, 1.82) is 5.41 Å². The predicted molar refractivity (Wildman–Crippen MR) is 91.3 cm³/mol. The van der Waals surface area contributed by atoms with Gasteiger partial charge >= 0.3 is 0 Å². The van der Waals surface area contributed by atoms with Crippen LogP contribution in [0.15, 0.2) is 41.1 Å². The molecule has 21 heavy (non-hydrogen) atoms. The van der Waals surface area contributed by atoms with Crippen molar-refractivity contribution in [3.8, 4) is 21.8 Å². The summed E-state index contributed by atoms with van der Waals surface area (Å²) in [7, 11) is 0. The zero-order chi connectivity index (χ0) is 14.8. The Hall–Kier alpha value is -1.98. The molecule has 3 rings (SSSR count). The van der Waals surface area contributed by atoms with Crippen molar-refractivity contribution in [2.45, 2.75) is 13.3 Å². The largest absolute Gasteiger partial charge is 0.383 e. The maximum atomic E-state index is 7.67. The number of thiophene rings is 1. The Bertz CT molecular complexity index is 772. The van der Waals surface area contributed by atoms with Crippen molar-refractivity contribution in [1.82, 2.24) is 4.98 Å². The number of aromatic nitrogens is 1. The summed E-state index contributed by atoms with van der Waals surface area (Å²) in [6.45, 7) is 2.09. The quantitative estimate of drug-likeness (QED) is 0.554. The lowest BCUT2D eigenvalue weighted by Gasteiger charge is -2.01. The highest BCUT2D eigenvalue weighted by atomic mass is 32.1. The third-order valence-corrected chi connectivity index (χ3v) is 5.23. The van der Waals surface area contributed by atoms with E-state index >= 15 is 0 Å². The minimum absolute atomic E-state index is 0.142. The molecule has 0 aliphatic rings. The van der Waals surface area contributed by atoms with Crippen LogP contribution in [0.5, 0.6) is 0 Å². The van der Waals surface area contributed by atoms with Gasteiger partial charge in [0.15, 0.2) is 0 Å². The third-order valence-electron chi connectivity index (χ3n) is 3.30. The van der Waals surface area contributed by atoms with Crippen LogP contribution in [0.25, 0.3) is 21.8 Å². The number of amidine groups is 1. The van der Waals surface area contributed by atoms with E-state index < -0.39 is 0 Å². The molecule has 2 heterocycles. The first-order valence-electron chi connectivity index (χ1n) is 6.66. The van der Waals surface area contributed by atoms with Gasteiger partial charge in [0.05, 0.1) is 10.6 Å². The second-order valence-corrected chi connectivity index (χ2v) is 6.37. The molecule has 0 fully saturated rings. The van der Waals surface area contributed by atoms with Gasteiger partial charge in [0.1, 0.15) is 10.8 Å². The smallest absolute Gasteiger partial charge is 0.133 e. The summed E-state index contributed by atoms with van der Waals surface area (Å²) in [6.07, 6.45) is 0.855. The van der Waals surface area contributed by atoms with E-state index in [-0.39, 0.29) is 5.84 Å². The standard InChI is InChI=1S/C16H15N3S2/c1-2-11-12(8-20-14(11)15(17)18)16-19-13(9-21-16)10-6-4-3-5-7-10/h3-9H,2H2,1H3,(H3,17,18). The zero-order valence-electron chi connectivity index (χ0n) is 11.6. The Balaban J connectivity index is 2.03. The van der Waals surface area contributed by atoms with Crippen LogP contribution in [0, 0.1) is 5.41 Å². The van der Waals surface area contributed by atoms with E-state index in [9.17, 15) is 0 Å². The van der Waals surface area contributed by atoms with Gasteiger partial charge in [-0.1, -0.05) is 37.3 Å². The molecule has 0 unspecified atom stereocenters. The molecule has 106 valence electrons. The van der Waals surface area contributed by atoms with Crippen molar-refractivity contribution in [2.75, 3.05) is 0 Å².